The first-order valence-electron chi connectivity index (χ1n) is 3.84. The smallest absolute Gasteiger partial charge is 0.264 e. The Bertz CT molecular complexity index is 284. The van der Waals surface area contributed by atoms with Gasteiger partial charge in [0.05, 0.1) is 5.75 Å². The molecule has 0 fully saturated rings. The molecule has 0 unspecified atom stereocenters. The van der Waals surface area contributed by atoms with Crippen molar-refractivity contribution in [2.24, 2.45) is 0 Å². The van der Waals surface area contributed by atoms with Crippen LogP contribution in [-0.4, -0.2) is 30.9 Å². The molecule has 1 N–H and O–H groups in total. The van der Waals surface area contributed by atoms with Gasteiger partial charge in [0.25, 0.3) is 10.1 Å². The lowest BCUT2D eigenvalue weighted by Gasteiger charge is -2.17. The molecule has 0 radical (unpaired) electrons. The zero-order valence-corrected chi connectivity index (χ0v) is 8.60. The van der Waals surface area contributed by atoms with Gasteiger partial charge in [-0.05, 0) is 20.3 Å². The fraction of sp³-hybridized carbons (Fsp3) is 0.750. The number of terminal acetylenes is 1. The fourth-order valence-corrected chi connectivity index (χ4v) is 1.09. The molecule has 0 aliphatic rings. The highest BCUT2D eigenvalue weighted by Gasteiger charge is 2.14. The molecule has 0 heterocycles. The Morgan fingerprint density at radius 2 is 2.08 bits per heavy atom. The Morgan fingerprint density at radius 1 is 1.54 bits per heavy atom. The summed E-state index contributed by atoms with van der Waals surface area (Å²) in [6.45, 7) is 3.64. The average molecular weight is 206 g/mol. The van der Waals surface area contributed by atoms with Crippen LogP contribution in [0, 0.1) is 12.3 Å². The molecule has 0 amide bonds. The lowest BCUT2D eigenvalue weighted by atomic mass is 10.1. The molecule has 13 heavy (non-hydrogen) atoms. The normalized spacial score (nSPS) is 12.5. The van der Waals surface area contributed by atoms with Crippen LogP contribution in [0.5, 0.6) is 0 Å². The molecule has 0 saturated heterocycles. The highest BCUT2D eigenvalue weighted by Crippen LogP contribution is 2.07. The lowest BCUT2D eigenvalue weighted by molar-refractivity contribution is 0.0278. The fourth-order valence-electron chi connectivity index (χ4n) is 0.610. The number of rotatable bonds is 5. The molecule has 4 nitrogen and oxygen atoms in total. The standard InChI is InChI=1S/C8H14O4S/c1-4-8(2,3)12-6-5-7-13(9,10)11/h1H,5-7H2,2-3H3,(H,9,10,11). The van der Waals surface area contributed by atoms with Crippen LogP contribution in [0.25, 0.3) is 0 Å². The van der Waals surface area contributed by atoms with E-state index < -0.39 is 15.7 Å². The summed E-state index contributed by atoms with van der Waals surface area (Å²) in [6.07, 6.45) is 5.37. The third-order valence-corrected chi connectivity index (χ3v) is 2.16. The predicted molar refractivity (Wildman–Crippen MR) is 49.9 cm³/mol. The van der Waals surface area contributed by atoms with Gasteiger partial charge in [0, 0.05) is 6.61 Å². The van der Waals surface area contributed by atoms with Gasteiger partial charge in [-0.25, -0.2) is 0 Å². The molecule has 0 aliphatic heterocycles. The second-order valence-corrected chi connectivity index (χ2v) is 4.71. The second kappa shape index (κ2) is 4.61. The zero-order valence-electron chi connectivity index (χ0n) is 7.78. The topological polar surface area (TPSA) is 63.6 Å². The Balaban J connectivity index is 3.66. The van der Waals surface area contributed by atoms with E-state index in [0.29, 0.717) is 0 Å². The van der Waals surface area contributed by atoms with Crippen LogP contribution in [0.15, 0.2) is 0 Å². The Kier molecular flexibility index (Phi) is 4.40. The number of hydrogen-bond acceptors (Lipinski definition) is 3. The van der Waals surface area contributed by atoms with Crippen molar-refractivity contribution >= 4 is 10.1 Å². The largest absolute Gasteiger partial charge is 0.363 e. The molecular formula is C8H14O4S. The first kappa shape index (κ1) is 12.4. The molecular weight excluding hydrogens is 192 g/mol. The van der Waals surface area contributed by atoms with Gasteiger partial charge in [-0.1, -0.05) is 5.92 Å². The molecule has 0 atom stereocenters. The first-order valence-corrected chi connectivity index (χ1v) is 5.45. The van der Waals surface area contributed by atoms with Crippen LogP contribution in [0.1, 0.15) is 20.3 Å². The molecule has 0 aromatic rings. The molecule has 0 saturated carbocycles. The van der Waals surface area contributed by atoms with E-state index in [2.05, 4.69) is 5.92 Å². The van der Waals surface area contributed by atoms with Crippen LogP contribution in [0.2, 0.25) is 0 Å². The van der Waals surface area contributed by atoms with Crippen molar-refractivity contribution in [2.75, 3.05) is 12.4 Å². The minimum Gasteiger partial charge on any atom is -0.363 e. The van der Waals surface area contributed by atoms with Crippen molar-refractivity contribution in [1.29, 1.82) is 0 Å². The maximum Gasteiger partial charge on any atom is 0.264 e. The highest BCUT2D eigenvalue weighted by molar-refractivity contribution is 7.85. The first-order chi connectivity index (χ1) is 5.77. The third-order valence-electron chi connectivity index (χ3n) is 1.36. The van der Waals surface area contributed by atoms with Crippen molar-refractivity contribution in [1.82, 2.24) is 0 Å². The van der Waals surface area contributed by atoms with Gasteiger partial charge >= 0.3 is 0 Å². The maximum absolute atomic E-state index is 10.3. The summed E-state index contributed by atoms with van der Waals surface area (Å²) in [5, 5.41) is 0. The molecule has 0 spiro atoms. The molecule has 0 aliphatic carbocycles. The Morgan fingerprint density at radius 3 is 2.46 bits per heavy atom. The summed E-state index contributed by atoms with van der Waals surface area (Å²) >= 11 is 0. The van der Waals surface area contributed by atoms with Crippen LogP contribution < -0.4 is 0 Å². The summed E-state index contributed by atoms with van der Waals surface area (Å²) in [5.74, 6) is 2.11. The predicted octanol–water partition coefficient (Wildman–Crippen LogP) is 0.693. The monoisotopic (exact) mass is 206 g/mol. The van der Waals surface area contributed by atoms with Crippen molar-refractivity contribution in [3.63, 3.8) is 0 Å². The van der Waals surface area contributed by atoms with Crippen LogP contribution in [-0.2, 0) is 14.9 Å². The van der Waals surface area contributed by atoms with E-state index in [1.54, 1.807) is 13.8 Å². The van der Waals surface area contributed by atoms with Crippen molar-refractivity contribution in [3.05, 3.63) is 0 Å². The van der Waals surface area contributed by atoms with Gasteiger partial charge in [0.2, 0.25) is 0 Å². The lowest BCUT2D eigenvalue weighted by Crippen LogP contribution is -2.23. The summed E-state index contributed by atoms with van der Waals surface area (Å²) in [5.41, 5.74) is -0.681. The molecule has 0 aromatic heterocycles. The van der Waals surface area contributed by atoms with Crippen molar-refractivity contribution < 1.29 is 17.7 Å². The molecule has 0 aromatic carbocycles. The minimum absolute atomic E-state index is 0.219. The Labute approximate surface area is 79.0 Å². The van der Waals surface area contributed by atoms with Crippen molar-refractivity contribution in [3.8, 4) is 12.3 Å². The van der Waals surface area contributed by atoms with E-state index in [0.717, 1.165) is 0 Å². The second-order valence-electron chi connectivity index (χ2n) is 3.14. The summed E-state index contributed by atoms with van der Waals surface area (Å²) in [7, 11) is -3.88. The van der Waals surface area contributed by atoms with E-state index in [-0.39, 0.29) is 18.8 Å². The van der Waals surface area contributed by atoms with Crippen LogP contribution >= 0.6 is 0 Å². The summed E-state index contributed by atoms with van der Waals surface area (Å²) in [6, 6.07) is 0. The summed E-state index contributed by atoms with van der Waals surface area (Å²) in [4.78, 5) is 0. The number of ether oxygens (including phenoxy) is 1. The van der Waals surface area contributed by atoms with E-state index in [1.807, 2.05) is 0 Å². The molecule has 76 valence electrons. The minimum atomic E-state index is -3.88. The van der Waals surface area contributed by atoms with Gasteiger partial charge in [-0.15, -0.1) is 6.42 Å². The van der Waals surface area contributed by atoms with Gasteiger partial charge in [0.15, 0.2) is 0 Å². The van der Waals surface area contributed by atoms with E-state index in [4.69, 9.17) is 15.7 Å². The molecule has 0 rings (SSSR count). The summed E-state index contributed by atoms with van der Waals surface area (Å²) < 4.78 is 34.1. The average Bonchev–Trinajstić information content (AvgIpc) is 1.97. The van der Waals surface area contributed by atoms with Crippen LogP contribution in [0.4, 0.5) is 0 Å². The third kappa shape index (κ3) is 7.78. The Hall–Kier alpha value is -0.570. The number of hydrogen-bond donors (Lipinski definition) is 1. The van der Waals surface area contributed by atoms with Gasteiger partial charge in [0.1, 0.15) is 5.60 Å². The highest BCUT2D eigenvalue weighted by atomic mass is 32.2. The quantitative estimate of drug-likeness (QED) is 0.408. The van der Waals surface area contributed by atoms with Crippen molar-refractivity contribution in [2.45, 2.75) is 25.9 Å². The van der Waals surface area contributed by atoms with E-state index in [1.165, 1.54) is 0 Å². The van der Waals surface area contributed by atoms with Crippen LogP contribution in [0.3, 0.4) is 0 Å². The van der Waals surface area contributed by atoms with E-state index >= 15 is 0 Å². The maximum atomic E-state index is 10.3. The van der Waals surface area contributed by atoms with Gasteiger partial charge in [-0.2, -0.15) is 8.42 Å². The van der Waals surface area contributed by atoms with E-state index in [9.17, 15) is 8.42 Å². The zero-order chi connectivity index (χ0) is 10.5. The SMILES string of the molecule is C#CC(C)(C)OCCCS(=O)(=O)O. The van der Waals surface area contributed by atoms with Gasteiger partial charge < -0.3 is 4.74 Å². The molecule has 5 heteroatoms. The van der Waals surface area contributed by atoms with Gasteiger partial charge in [-0.3, -0.25) is 4.55 Å². The molecule has 0 bridgehead atoms.